The van der Waals surface area contributed by atoms with Crippen molar-refractivity contribution in [2.45, 2.75) is 19.3 Å². The van der Waals surface area contributed by atoms with Gasteiger partial charge in [0, 0.05) is 58.3 Å². The molecule has 186 valence electrons. The molecule has 3 amide bonds. The Balaban J connectivity index is 1.13. The summed E-state index contributed by atoms with van der Waals surface area (Å²) in [5, 5.41) is 0. The summed E-state index contributed by atoms with van der Waals surface area (Å²) in [4.78, 5) is 45.9. The summed E-state index contributed by atoms with van der Waals surface area (Å²) in [5.74, 6) is 1.11. The van der Waals surface area contributed by atoms with Crippen LogP contribution in [0.4, 0.5) is 0 Å². The third kappa shape index (κ3) is 6.70. The second kappa shape index (κ2) is 12.2. The van der Waals surface area contributed by atoms with Crippen LogP contribution in [0.15, 0.2) is 30.3 Å². The maximum Gasteiger partial charge on any atom is 0.236 e. The number of carbonyl (C=O) groups excluding carboxylic acids is 3. The Labute approximate surface area is 201 Å². The third-order valence-corrected chi connectivity index (χ3v) is 6.93. The number of hydrogen-bond donors (Lipinski definition) is 0. The average Bonchev–Trinajstić information content (AvgIpc) is 2.89. The SMILES string of the molecule is O=C(CCOc1ccccc1)N1CCC(C(=O)N2CCN(C(=O)CN3CCOCC3)CC2)CC1. The Kier molecular flexibility index (Phi) is 8.76. The quantitative estimate of drug-likeness (QED) is 0.581. The van der Waals surface area contributed by atoms with Gasteiger partial charge in [0.25, 0.3) is 0 Å². The van der Waals surface area contributed by atoms with Crippen molar-refractivity contribution in [3.05, 3.63) is 30.3 Å². The lowest BCUT2D eigenvalue weighted by molar-refractivity contribution is -0.145. The van der Waals surface area contributed by atoms with E-state index in [1.165, 1.54) is 0 Å². The van der Waals surface area contributed by atoms with Crippen molar-refractivity contribution in [1.82, 2.24) is 19.6 Å². The zero-order chi connectivity index (χ0) is 23.8. The van der Waals surface area contributed by atoms with Crippen LogP contribution in [0.25, 0.3) is 0 Å². The fourth-order valence-electron chi connectivity index (χ4n) is 4.79. The number of morpholine rings is 1. The van der Waals surface area contributed by atoms with E-state index in [-0.39, 0.29) is 23.6 Å². The lowest BCUT2D eigenvalue weighted by Crippen LogP contribution is -2.55. The maximum absolute atomic E-state index is 13.0. The van der Waals surface area contributed by atoms with E-state index in [2.05, 4.69) is 4.90 Å². The van der Waals surface area contributed by atoms with Crippen LogP contribution in [0.5, 0.6) is 5.75 Å². The van der Waals surface area contributed by atoms with Crippen LogP contribution in [0.2, 0.25) is 0 Å². The van der Waals surface area contributed by atoms with E-state index < -0.39 is 0 Å². The van der Waals surface area contributed by atoms with Crippen molar-refractivity contribution < 1.29 is 23.9 Å². The molecule has 0 unspecified atom stereocenters. The molecule has 3 fully saturated rings. The highest BCUT2D eigenvalue weighted by Crippen LogP contribution is 2.21. The molecule has 1 aromatic rings. The molecule has 3 aliphatic rings. The predicted octanol–water partition coefficient (Wildman–Crippen LogP) is 0.697. The Morgan fingerprint density at radius 1 is 0.794 bits per heavy atom. The summed E-state index contributed by atoms with van der Waals surface area (Å²) in [6.07, 6.45) is 1.73. The molecule has 3 heterocycles. The van der Waals surface area contributed by atoms with Gasteiger partial charge in [0.1, 0.15) is 5.75 Å². The van der Waals surface area contributed by atoms with E-state index in [0.717, 1.165) is 18.8 Å². The number of likely N-dealkylation sites (tertiary alicyclic amines) is 1. The first-order valence-electron chi connectivity index (χ1n) is 12.4. The highest BCUT2D eigenvalue weighted by molar-refractivity contribution is 5.81. The van der Waals surface area contributed by atoms with E-state index in [1.54, 1.807) is 0 Å². The summed E-state index contributed by atoms with van der Waals surface area (Å²) < 4.78 is 11.0. The molecular weight excluding hydrogens is 436 g/mol. The first kappa shape index (κ1) is 24.5. The number of ether oxygens (including phenoxy) is 2. The van der Waals surface area contributed by atoms with Gasteiger partial charge in [-0.3, -0.25) is 19.3 Å². The molecule has 0 N–H and O–H groups in total. The van der Waals surface area contributed by atoms with Crippen LogP contribution in [0.1, 0.15) is 19.3 Å². The number of carbonyl (C=O) groups is 3. The van der Waals surface area contributed by atoms with Crippen LogP contribution >= 0.6 is 0 Å². The third-order valence-electron chi connectivity index (χ3n) is 6.93. The molecule has 3 saturated heterocycles. The van der Waals surface area contributed by atoms with E-state index >= 15 is 0 Å². The maximum atomic E-state index is 13.0. The highest BCUT2D eigenvalue weighted by Gasteiger charge is 2.32. The zero-order valence-corrected chi connectivity index (χ0v) is 19.9. The summed E-state index contributed by atoms with van der Waals surface area (Å²) in [6.45, 7) is 7.32. The smallest absolute Gasteiger partial charge is 0.236 e. The van der Waals surface area contributed by atoms with Crippen LogP contribution < -0.4 is 4.74 Å². The summed E-state index contributed by atoms with van der Waals surface area (Å²) >= 11 is 0. The van der Waals surface area contributed by atoms with Crippen molar-refractivity contribution in [2.75, 3.05) is 78.7 Å². The van der Waals surface area contributed by atoms with Crippen LogP contribution in [0, 0.1) is 5.92 Å². The molecule has 34 heavy (non-hydrogen) atoms. The minimum Gasteiger partial charge on any atom is -0.493 e. The Hall–Kier alpha value is -2.65. The first-order chi connectivity index (χ1) is 16.6. The molecule has 0 saturated carbocycles. The number of piperazine rings is 1. The molecule has 3 aliphatic heterocycles. The number of nitrogens with zero attached hydrogens (tertiary/aromatic N) is 4. The van der Waals surface area contributed by atoms with Gasteiger partial charge in [0.2, 0.25) is 17.7 Å². The van der Waals surface area contributed by atoms with E-state index in [4.69, 9.17) is 9.47 Å². The molecule has 9 nitrogen and oxygen atoms in total. The predicted molar refractivity (Wildman–Crippen MR) is 126 cm³/mol. The Morgan fingerprint density at radius 3 is 2.09 bits per heavy atom. The minimum absolute atomic E-state index is 0.0415. The standard InChI is InChI=1S/C25H36N4O5/c30-23(8-17-34-22-4-2-1-3-5-22)27-9-6-21(7-10-27)25(32)29-13-11-28(12-14-29)24(31)20-26-15-18-33-19-16-26/h1-5,21H,6-20H2. The fraction of sp³-hybridized carbons (Fsp3) is 0.640. The molecule has 0 spiro atoms. The van der Waals surface area contributed by atoms with Crippen LogP contribution in [-0.4, -0.2) is 116 Å². The molecule has 0 aromatic heterocycles. The number of hydrogen-bond acceptors (Lipinski definition) is 6. The van der Waals surface area contributed by atoms with Crippen LogP contribution in [-0.2, 0) is 19.1 Å². The van der Waals surface area contributed by atoms with E-state index in [0.29, 0.717) is 84.9 Å². The Bertz CT molecular complexity index is 814. The van der Waals surface area contributed by atoms with Crippen molar-refractivity contribution in [3.8, 4) is 5.75 Å². The number of para-hydroxylation sites is 1. The normalized spacial score (nSPS) is 20.3. The van der Waals surface area contributed by atoms with E-state index in [1.807, 2.05) is 45.0 Å². The minimum atomic E-state index is -0.0415. The van der Waals surface area contributed by atoms with Gasteiger partial charge in [-0.05, 0) is 25.0 Å². The molecule has 0 bridgehead atoms. The average molecular weight is 473 g/mol. The number of amides is 3. The zero-order valence-electron chi connectivity index (χ0n) is 19.9. The van der Waals surface area contributed by atoms with Gasteiger partial charge in [0.15, 0.2) is 0 Å². The number of rotatable bonds is 7. The van der Waals surface area contributed by atoms with Gasteiger partial charge in [-0.2, -0.15) is 0 Å². The van der Waals surface area contributed by atoms with Crippen molar-refractivity contribution in [1.29, 1.82) is 0 Å². The second-order valence-corrected chi connectivity index (χ2v) is 9.16. The highest BCUT2D eigenvalue weighted by atomic mass is 16.5. The second-order valence-electron chi connectivity index (χ2n) is 9.16. The van der Waals surface area contributed by atoms with E-state index in [9.17, 15) is 14.4 Å². The van der Waals surface area contributed by atoms with Crippen molar-refractivity contribution >= 4 is 17.7 Å². The fourth-order valence-corrected chi connectivity index (χ4v) is 4.79. The van der Waals surface area contributed by atoms with Crippen molar-refractivity contribution in [2.24, 2.45) is 5.92 Å². The van der Waals surface area contributed by atoms with Gasteiger partial charge >= 0.3 is 0 Å². The largest absolute Gasteiger partial charge is 0.493 e. The lowest BCUT2D eigenvalue weighted by Gasteiger charge is -2.39. The molecular formula is C25H36N4O5. The van der Waals surface area contributed by atoms with Gasteiger partial charge in [-0.15, -0.1) is 0 Å². The molecule has 4 rings (SSSR count). The Morgan fingerprint density at radius 2 is 1.41 bits per heavy atom. The van der Waals surface area contributed by atoms with Gasteiger partial charge < -0.3 is 24.2 Å². The number of piperidine rings is 1. The lowest BCUT2D eigenvalue weighted by atomic mass is 9.94. The number of benzene rings is 1. The van der Waals surface area contributed by atoms with Crippen LogP contribution in [0.3, 0.4) is 0 Å². The van der Waals surface area contributed by atoms with Crippen molar-refractivity contribution in [3.63, 3.8) is 0 Å². The van der Waals surface area contributed by atoms with Gasteiger partial charge in [0.05, 0.1) is 32.8 Å². The summed E-state index contributed by atoms with van der Waals surface area (Å²) in [7, 11) is 0. The topological polar surface area (TPSA) is 82.6 Å². The molecule has 0 radical (unpaired) electrons. The van der Waals surface area contributed by atoms with Gasteiger partial charge in [-0.25, -0.2) is 0 Å². The molecule has 0 aliphatic carbocycles. The molecule has 9 heteroatoms. The summed E-state index contributed by atoms with van der Waals surface area (Å²) in [6, 6.07) is 9.49. The summed E-state index contributed by atoms with van der Waals surface area (Å²) in [5.41, 5.74) is 0. The monoisotopic (exact) mass is 472 g/mol. The first-order valence-corrected chi connectivity index (χ1v) is 12.4. The molecule has 1 aromatic carbocycles. The van der Waals surface area contributed by atoms with Gasteiger partial charge in [-0.1, -0.05) is 18.2 Å². The molecule has 0 atom stereocenters.